The van der Waals surface area contributed by atoms with Crippen LogP contribution in [-0.4, -0.2) is 44.2 Å². The highest BCUT2D eigenvalue weighted by molar-refractivity contribution is 7.19. The van der Waals surface area contributed by atoms with E-state index in [1.807, 2.05) is 29.9 Å². The van der Waals surface area contributed by atoms with Gasteiger partial charge in [0, 0.05) is 30.4 Å². The van der Waals surface area contributed by atoms with Gasteiger partial charge in [0.25, 0.3) is 0 Å². The van der Waals surface area contributed by atoms with Crippen LogP contribution in [0, 0.1) is 11.8 Å². The summed E-state index contributed by atoms with van der Waals surface area (Å²) in [4.78, 5) is 25.9. The molecule has 0 aliphatic heterocycles. The quantitative estimate of drug-likeness (QED) is 0.424. The maximum Gasteiger partial charge on any atom is 0.223 e. The molecule has 0 atom stereocenters. The van der Waals surface area contributed by atoms with Crippen molar-refractivity contribution in [3.63, 3.8) is 0 Å². The number of hydrogen-bond donors (Lipinski definition) is 2. The second kappa shape index (κ2) is 9.35. The van der Waals surface area contributed by atoms with Crippen LogP contribution in [0.5, 0.6) is 0 Å². The van der Waals surface area contributed by atoms with Crippen molar-refractivity contribution in [2.24, 2.45) is 0 Å². The first-order chi connectivity index (χ1) is 16.5. The van der Waals surface area contributed by atoms with E-state index in [2.05, 4.69) is 37.4 Å². The molecule has 1 aliphatic carbocycles. The van der Waals surface area contributed by atoms with Crippen LogP contribution >= 0.6 is 22.9 Å². The fourth-order valence-electron chi connectivity index (χ4n) is 3.87. The number of halogens is 1. The lowest BCUT2D eigenvalue weighted by molar-refractivity contribution is -0.114. The van der Waals surface area contributed by atoms with Gasteiger partial charge in [-0.1, -0.05) is 34.8 Å². The number of fused-ring (bicyclic) bond motifs is 3. The van der Waals surface area contributed by atoms with Gasteiger partial charge >= 0.3 is 0 Å². The molecule has 3 heterocycles. The molecule has 0 fully saturated rings. The summed E-state index contributed by atoms with van der Waals surface area (Å²) in [6.45, 7) is 2.07. The van der Waals surface area contributed by atoms with Gasteiger partial charge in [-0.25, -0.2) is 9.67 Å². The number of thiazole rings is 1. The third kappa shape index (κ3) is 4.19. The molecule has 10 heteroatoms. The molecule has 1 aliphatic rings. The summed E-state index contributed by atoms with van der Waals surface area (Å²) in [5, 5.41) is 11.9. The van der Waals surface area contributed by atoms with E-state index < -0.39 is 0 Å². The van der Waals surface area contributed by atoms with E-state index >= 15 is 0 Å². The van der Waals surface area contributed by atoms with Crippen molar-refractivity contribution >= 4 is 34.0 Å². The average Bonchev–Trinajstić information content (AvgIpc) is 3.40. The first kappa shape index (κ1) is 22.2. The number of anilines is 1. The van der Waals surface area contributed by atoms with Crippen LogP contribution in [0.15, 0.2) is 36.8 Å². The monoisotopic (exact) mass is 489 g/mol. The Hall–Kier alpha value is -3.58. The van der Waals surface area contributed by atoms with Gasteiger partial charge < -0.3 is 10.6 Å². The maximum absolute atomic E-state index is 11.6. The maximum atomic E-state index is 11.6. The summed E-state index contributed by atoms with van der Waals surface area (Å²) >= 11 is 8.17. The lowest BCUT2D eigenvalue weighted by Gasteiger charge is -2.15. The molecule has 1 amide bonds. The minimum atomic E-state index is -0.155. The highest BCUT2D eigenvalue weighted by Gasteiger charge is 2.30. The van der Waals surface area contributed by atoms with Gasteiger partial charge in [0.05, 0.1) is 39.7 Å². The van der Waals surface area contributed by atoms with Gasteiger partial charge in [-0.05, 0) is 38.1 Å². The lowest BCUT2D eigenvalue weighted by atomic mass is 9.96. The third-order valence-corrected chi connectivity index (χ3v) is 6.59. The molecular weight excluding hydrogens is 470 g/mol. The van der Waals surface area contributed by atoms with Crippen LogP contribution in [-0.2, 0) is 17.6 Å². The van der Waals surface area contributed by atoms with Crippen molar-refractivity contribution in [1.29, 1.82) is 0 Å². The molecule has 0 unspecified atom stereocenters. The Labute approximate surface area is 205 Å². The molecule has 34 heavy (non-hydrogen) atoms. The number of benzene rings is 1. The number of rotatable bonds is 4. The van der Waals surface area contributed by atoms with E-state index in [1.54, 1.807) is 18.6 Å². The predicted molar refractivity (Wildman–Crippen MR) is 133 cm³/mol. The van der Waals surface area contributed by atoms with E-state index in [-0.39, 0.29) is 5.91 Å². The van der Waals surface area contributed by atoms with Crippen molar-refractivity contribution in [3.8, 4) is 39.5 Å². The number of nitrogens with zero attached hydrogens (tertiary/aromatic N) is 5. The average molecular weight is 490 g/mol. The zero-order valence-electron chi connectivity index (χ0n) is 18.5. The molecule has 1 aromatic carbocycles. The van der Waals surface area contributed by atoms with Gasteiger partial charge in [-0.15, -0.1) is 0 Å². The molecule has 0 saturated carbocycles. The largest absolute Gasteiger partial charge is 0.309 e. The Morgan fingerprint density at radius 3 is 2.91 bits per heavy atom. The van der Waals surface area contributed by atoms with E-state index in [9.17, 15) is 4.79 Å². The highest BCUT2D eigenvalue weighted by atomic mass is 35.5. The van der Waals surface area contributed by atoms with Crippen LogP contribution < -0.4 is 10.6 Å². The van der Waals surface area contributed by atoms with Gasteiger partial charge in [0.1, 0.15) is 11.4 Å². The Balaban J connectivity index is 1.68. The summed E-state index contributed by atoms with van der Waals surface area (Å²) in [5.41, 5.74) is 5.90. The Morgan fingerprint density at radius 1 is 1.29 bits per heavy atom. The molecule has 2 N–H and O–H groups in total. The topological polar surface area (TPSA) is 97.6 Å². The van der Waals surface area contributed by atoms with E-state index in [1.165, 1.54) is 18.3 Å². The fraction of sp³-hybridized carbons (Fsp3) is 0.208. The number of amides is 1. The number of aromatic nitrogens is 5. The first-order valence-corrected chi connectivity index (χ1v) is 11.8. The second-order valence-corrected chi connectivity index (χ2v) is 9.06. The van der Waals surface area contributed by atoms with E-state index in [0.29, 0.717) is 22.4 Å². The Morgan fingerprint density at radius 2 is 2.18 bits per heavy atom. The van der Waals surface area contributed by atoms with Crippen molar-refractivity contribution < 1.29 is 4.79 Å². The highest BCUT2D eigenvalue weighted by Crippen LogP contribution is 2.44. The fourth-order valence-corrected chi connectivity index (χ4v) is 5.24. The number of aryl methyl sites for hydroxylation is 1. The van der Waals surface area contributed by atoms with E-state index in [0.717, 1.165) is 51.6 Å². The van der Waals surface area contributed by atoms with Crippen LogP contribution in [0.25, 0.3) is 27.6 Å². The molecule has 4 aromatic rings. The third-order valence-electron chi connectivity index (χ3n) is 5.27. The van der Waals surface area contributed by atoms with Crippen molar-refractivity contribution in [2.45, 2.75) is 19.8 Å². The summed E-state index contributed by atoms with van der Waals surface area (Å²) in [5.74, 6) is 5.99. The lowest BCUT2D eigenvalue weighted by Crippen LogP contribution is -2.07. The van der Waals surface area contributed by atoms with Crippen molar-refractivity contribution in [2.75, 3.05) is 18.9 Å². The molecule has 0 bridgehead atoms. The minimum Gasteiger partial charge on any atom is -0.309 e. The van der Waals surface area contributed by atoms with Gasteiger partial charge in [-0.3, -0.25) is 14.8 Å². The van der Waals surface area contributed by atoms with E-state index in [4.69, 9.17) is 16.7 Å². The first-order valence-electron chi connectivity index (χ1n) is 10.6. The van der Waals surface area contributed by atoms with Crippen LogP contribution in [0.1, 0.15) is 23.7 Å². The molecule has 0 saturated heterocycles. The van der Waals surface area contributed by atoms with Gasteiger partial charge in [0.15, 0.2) is 5.13 Å². The number of carbonyl (C=O) groups is 1. The number of hydrogen-bond acceptors (Lipinski definition) is 7. The normalized spacial score (nSPS) is 11.9. The standard InChI is InChI=1S/C24H20ClN7OS/c1-14(33)29-24-30-18-7-6-16-21(19-13-27-10-11-28-19)31-32(22(16)23(18)34-24)20-8-5-15(12-17(20)25)4-3-9-26-2/h5,8,10-13,26H,6-7,9H2,1-2H3,(H,29,30,33). The van der Waals surface area contributed by atoms with Crippen LogP contribution in [0.4, 0.5) is 5.13 Å². The SMILES string of the molecule is CNCC#Cc1ccc(-n2nc(-c3cnccn3)c3c2-c2sc(NC(C)=O)nc2CC3)c(Cl)c1. The van der Waals surface area contributed by atoms with Crippen molar-refractivity contribution in [3.05, 3.63) is 58.6 Å². The van der Waals surface area contributed by atoms with Crippen LogP contribution in [0.3, 0.4) is 0 Å². The summed E-state index contributed by atoms with van der Waals surface area (Å²) < 4.78 is 1.85. The smallest absolute Gasteiger partial charge is 0.223 e. The molecule has 8 nitrogen and oxygen atoms in total. The predicted octanol–water partition coefficient (Wildman–Crippen LogP) is 3.73. The second-order valence-electron chi connectivity index (χ2n) is 7.65. The molecule has 0 radical (unpaired) electrons. The zero-order valence-corrected chi connectivity index (χ0v) is 20.1. The molecule has 0 spiro atoms. The van der Waals surface area contributed by atoms with Crippen molar-refractivity contribution in [1.82, 2.24) is 30.0 Å². The van der Waals surface area contributed by atoms with Crippen LogP contribution in [0.2, 0.25) is 5.02 Å². The van der Waals surface area contributed by atoms with Gasteiger partial charge in [0.2, 0.25) is 5.91 Å². The Bertz CT molecular complexity index is 1450. The summed E-state index contributed by atoms with van der Waals surface area (Å²) in [6, 6.07) is 5.69. The minimum absolute atomic E-state index is 0.155. The molecule has 170 valence electrons. The van der Waals surface area contributed by atoms with Gasteiger partial charge in [-0.2, -0.15) is 5.10 Å². The number of nitrogens with one attached hydrogen (secondary N) is 2. The molecular formula is C24H20ClN7OS. The summed E-state index contributed by atoms with van der Waals surface area (Å²) in [7, 11) is 1.85. The Kier molecular flexibility index (Phi) is 6.11. The molecule has 3 aromatic heterocycles. The number of carbonyl (C=O) groups excluding carboxylic acids is 1. The zero-order chi connectivity index (χ0) is 23.7. The summed E-state index contributed by atoms with van der Waals surface area (Å²) in [6.07, 6.45) is 6.48. The molecule has 5 rings (SSSR count).